The van der Waals surface area contributed by atoms with E-state index in [0.29, 0.717) is 30.3 Å². The maximum absolute atomic E-state index is 14.5. The van der Waals surface area contributed by atoms with Gasteiger partial charge in [0.15, 0.2) is 5.60 Å². The molecule has 3 heterocycles. The van der Waals surface area contributed by atoms with E-state index in [1.54, 1.807) is 0 Å². The Hall–Kier alpha value is -6.15. The van der Waals surface area contributed by atoms with Crippen LogP contribution in [0.1, 0.15) is 75.0 Å². The predicted molar refractivity (Wildman–Crippen MR) is 278 cm³/mol. The van der Waals surface area contributed by atoms with Gasteiger partial charge in [0.25, 0.3) is 0 Å². The van der Waals surface area contributed by atoms with Gasteiger partial charge in [-0.15, -0.1) is 0 Å². The second-order valence-corrected chi connectivity index (χ2v) is 18.9. The molecule has 3 aliphatic rings. The Morgan fingerprint density at radius 2 is 0.853 bits per heavy atom. The van der Waals surface area contributed by atoms with Crippen LogP contribution in [0, 0.1) is 0 Å². The van der Waals surface area contributed by atoms with E-state index < -0.39 is 11.6 Å². The van der Waals surface area contributed by atoms with Gasteiger partial charge in [-0.25, -0.2) is 4.79 Å². The fourth-order valence-corrected chi connectivity index (χ4v) is 10.5. The number of fused-ring (bicyclic) bond motifs is 1. The van der Waals surface area contributed by atoms with Crippen molar-refractivity contribution in [3.05, 3.63) is 234 Å². The average Bonchev–Trinajstić information content (AvgIpc) is 4.19. The summed E-state index contributed by atoms with van der Waals surface area (Å²) in [4.78, 5) is 19.3. The number of rotatable bonds is 14. The molecule has 342 valence electrons. The average molecular weight is 979 g/mol. The van der Waals surface area contributed by atoms with Crippen LogP contribution in [-0.4, -0.2) is 32.1 Å². The number of halogens is 4. The smallest absolute Gasteiger partial charge is 0.341 e. The highest BCUT2D eigenvalue weighted by Crippen LogP contribution is 2.54. The van der Waals surface area contributed by atoms with E-state index in [1.807, 2.05) is 121 Å². The van der Waals surface area contributed by atoms with Crippen molar-refractivity contribution >= 4 is 74.9 Å². The fourth-order valence-electron chi connectivity index (χ4n) is 9.38. The number of nitrogens with zero attached hydrogens (tertiary/aromatic N) is 2. The van der Waals surface area contributed by atoms with Crippen molar-refractivity contribution in [3.63, 3.8) is 0 Å². The van der Waals surface area contributed by atoms with E-state index in [1.165, 1.54) is 0 Å². The molecule has 0 aliphatic carbocycles. The third kappa shape index (κ3) is 9.61. The summed E-state index contributed by atoms with van der Waals surface area (Å²) in [5, 5.41) is 0.0358. The Balaban J connectivity index is 1.16. The molecule has 0 radical (unpaired) electrons. The molecule has 68 heavy (non-hydrogen) atoms. The minimum Gasteiger partial charge on any atom is -0.489 e. The van der Waals surface area contributed by atoms with Crippen LogP contribution in [0.2, 0.25) is 20.1 Å². The number of ether oxygens (including phenoxy) is 3. The summed E-state index contributed by atoms with van der Waals surface area (Å²) in [6.45, 7) is 4.89. The topological polar surface area (TPSA) is 51.2 Å². The normalized spacial score (nSPS) is 15.7. The minimum absolute atomic E-state index is 0.0226. The van der Waals surface area contributed by atoms with Gasteiger partial charge in [0, 0.05) is 43.1 Å². The first-order valence-electron chi connectivity index (χ1n) is 23.0. The zero-order valence-corrected chi connectivity index (χ0v) is 40.3. The molecular formula is C58H48Cl4N2O4. The van der Waals surface area contributed by atoms with Crippen molar-refractivity contribution < 1.29 is 19.0 Å². The molecule has 0 N–H and O–H groups in total. The quantitative estimate of drug-likeness (QED) is 0.0615. The van der Waals surface area contributed by atoms with Crippen LogP contribution in [-0.2, 0) is 23.6 Å². The van der Waals surface area contributed by atoms with Crippen LogP contribution < -0.4 is 19.3 Å². The van der Waals surface area contributed by atoms with E-state index >= 15 is 0 Å². The molecule has 2 saturated heterocycles. The van der Waals surface area contributed by atoms with Gasteiger partial charge in [-0.05, 0) is 131 Å². The molecular weight excluding hydrogens is 930 g/mol. The maximum atomic E-state index is 14.5. The number of esters is 1. The Kier molecular flexibility index (Phi) is 13.6. The largest absolute Gasteiger partial charge is 0.489 e. The molecule has 6 nitrogen and oxygen atoms in total. The SMILES string of the molecule is O=C1OC(/C=C(/c2ccc(OCc3ccccc3)cc2)c2ccc(N3CCCC3)cc2)(/C=C(/c2ccc(OCc3ccccc3)cc2)c2ccc(N3CCCC3)cc2)c2c(Cl)c(Cl)c(Cl)c(Cl)c21. The van der Waals surface area contributed by atoms with Crippen LogP contribution in [0.3, 0.4) is 0 Å². The molecule has 7 aromatic rings. The van der Waals surface area contributed by atoms with Crippen LogP contribution in [0.5, 0.6) is 11.5 Å². The summed E-state index contributed by atoms with van der Waals surface area (Å²) < 4.78 is 19.2. The molecule has 7 aromatic carbocycles. The first-order valence-corrected chi connectivity index (χ1v) is 24.5. The molecule has 0 bridgehead atoms. The van der Waals surface area contributed by atoms with E-state index in [9.17, 15) is 4.79 Å². The first kappa shape index (κ1) is 45.6. The molecule has 10 heteroatoms. The zero-order valence-electron chi connectivity index (χ0n) is 37.3. The Labute approximate surface area is 417 Å². The van der Waals surface area contributed by atoms with Gasteiger partial charge in [-0.2, -0.15) is 0 Å². The van der Waals surface area contributed by atoms with Gasteiger partial charge in [0.2, 0.25) is 0 Å². The Morgan fingerprint density at radius 3 is 1.25 bits per heavy atom. The van der Waals surface area contributed by atoms with Gasteiger partial charge >= 0.3 is 5.97 Å². The summed E-state index contributed by atoms with van der Waals surface area (Å²) in [6, 6.07) is 53.1. The van der Waals surface area contributed by atoms with Crippen LogP contribution >= 0.6 is 46.4 Å². The van der Waals surface area contributed by atoms with Gasteiger partial charge in [0.1, 0.15) is 24.7 Å². The number of cyclic esters (lactones) is 1. The van der Waals surface area contributed by atoms with Gasteiger partial charge in [-0.3, -0.25) is 0 Å². The molecule has 0 unspecified atom stereocenters. The Morgan fingerprint density at radius 1 is 0.485 bits per heavy atom. The third-order valence-corrected chi connectivity index (χ3v) is 14.8. The summed E-state index contributed by atoms with van der Waals surface area (Å²) in [5.74, 6) is 0.737. The molecule has 0 saturated carbocycles. The van der Waals surface area contributed by atoms with E-state index in [-0.39, 0.29) is 25.7 Å². The van der Waals surface area contributed by atoms with E-state index in [0.717, 1.165) is 108 Å². The summed E-state index contributed by atoms with van der Waals surface area (Å²) >= 11 is 27.9. The van der Waals surface area contributed by atoms with Gasteiger partial charge in [0.05, 0.1) is 25.7 Å². The maximum Gasteiger partial charge on any atom is 0.341 e. The molecule has 0 aromatic heterocycles. The van der Waals surface area contributed by atoms with Crippen molar-refractivity contribution in [2.75, 3.05) is 36.0 Å². The lowest BCUT2D eigenvalue weighted by atomic mass is 9.83. The van der Waals surface area contributed by atoms with E-state index in [2.05, 4.69) is 58.3 Å². The molecule has 2 fully saturated rings. The summed E-state index contributed by atoms with van der Waals surface area (Å²) in [6.07, 6.45) is 8.57. The molecule has 10 rings (SSSR count). The highest BCUT2D eigenvalue weighted by Gasteiger charge is 2.48. The number of hydrogen-bond donors (Lipinski definition) is 0. The summed E-state index contributed by atoms with van der Waals surface area (Å²) in [7, 11) is 0. The van der Waals surface area contributed by atoms with Crippen molar-refractivity contribution in [2.24, 2.45) is 0 Å². The first-order chi connectivity index (χ1) is 33.2. The predicted octanol–water partition coefficient (Wildman–Crippen LogP) is 15.3. The van der Waals surface area contributed by atoms with Gasteiger partial charge < -0.3 is 24.0 Å². The fraction of sp³-hybridized carbons (Fsp3) is 0.190. The zero-order chi connectivity index (χ0) is 46.6. The third-order valence-electron chi connectivity index (χ3n) is 13.0. The highest BCUT2D eigenvalue weighted by atomic mass is 35.5. The van der Waals surface area contributed by atoms with Crippen LogP contribution in [0.25, 0.3) is 11.1 Å². The second kappa shape index (κ2) is 20.2. The highest BCUT2D eigenvalue weighted by molar-refractivity contribution is 6.53. The van der Waals surface area contributed by atoms with Crippen molar-refractivity contribution in [3.8, 4) is 11.5 Å². The van der Waals surface area contributed by atoms with Crippen molar-refractivity contribution in [1.82, 2.24) is 0 Å². The number of hydrogen-bond acceptors (Lipinski definition) is 6. The number of anilines is 2. The number of benzene rings is 7. The van der Waals surface area contributed by atoms with Crippen molar-refractivity contribution in [2.45, 2.75) is 44.5 Å². The lowest BCUT2D eigenvalue weighted by Gasteiger charge is -2.28. The minimum atomic E-state index is -1.67. The lowest BCUT2D eigenvalue weighted by molar-refractivity contribution is 0.0300. The van der Waals surface area contributed by atoms with Crippen LogP contribution in [0.15, 0.2) is 170 Å². The summed E-state index contributed by atoms with van der Waals surface area (Å²) in [5.41, 5.74) is 8.14. The van der Waals surface area contributed by atoms with Gasteiger partial charge in [-0.1, -0.05) is 156 Å². The standard InChI is InChI=1S/C58H48Cl4N2O4/c59-53-51-52(54(60)56(62)55(53)61)58(68-57(51)65,35-49(41-15-23-45(24-16-41)63-31-7-8-32-63)43-19-27-47(28-20-43)66-37-39-11-3-1-4-12-39)36-50(42-17-25-46(26-18-42)64-33-9-10-34-64)44-21-29-48(30-22-44)67-38-40-13-5-2-6-14-40/h1-6,11-30,35-36H,7-10,31-34,37-38H2/b49-35+,50-36+. The Bertz CT molecular complexity index is 2800. The number of carbonyl (C=O) groups excluding carboxylic acids is 1. The molecule has 0 spiro atoms. The lowest BCUT2D eigenvalue weighted by Crippen LogP contribution is -2.23. The number of carbonyl (C=O) groups is 1. The molecule has 0 amide bonds. The molecule has 0 atom stereocenters. The van der Waals surface area contributed by atoms with Crippen LogP contribution in [0.4, 0.5) is 11.4 Å². The second-order valence-electron chi connectivity index (χ2n) is 17.4. The monoisotopic (exact) mass is 976 g/mol. The van der Waals surface area contributed by atoms with E-state index in [4.69, 9.17) is 60.6 Å². The molecule has 3 aliphatic heterocycles. The van der Waals surface area contributed by atoms with Crippen molar-refractivity contribution in [1.29, 1.82) is 0 Å².